The predicted molar refractivity (Wildman–Crippen MR) is 112 cm³/mol. The second-order valence-electron chi connectivity index (χ2n) is 7.90. The summed E-state index contributed by atoms with van der Waals surface area (Å²) in [6, 6.07) is 14.4. The highest BCUT2D eigenvalue weighted by molar-refractivity contribution is 6.01. The third kappa shape index (κ3) is 2.78. The highest BCUT2D eigenvalue weighted by atomic mass is 16.2. The van der Waals surface area contributed by atoms with Crippen molar-refractivity contribution in [3.05, 3.63) is 65.1 Å². The summed E-state index contributed by atoms with van der Waals surface area (Å²) in [5.74, 6) is 1.33. The first-order valence-corrected chi connectivity index (χ1v) is 9.93. The van der Waals surface area contributed by atoms with Crippen LogP contribution >= 0.6 is 0 Å². The number of piperidine rings is 1. The van der Waals surface area contributed by atoms with Crippen LogP contribution in [0.4, 0.5) is 0 Å². The van der Waals surface area contributed by atoms with Crippen molar-refractivity contribution in [2.75, 3.05) is 13.1 Å². The molecule has 5 heteroatoms. The van der Waals surface area contributed by atoms with Crippen molar-refractivity contribution in [1.29, 1.82) is 0 Å². The molecule has 2 aromatic carbocycles. The number of nitrogens with one attached hydrogen (secondary N) is 2. The summed E-state index contributed by atoms with van der Waals surface area (Å²) in [5.41, 5.74) is 6.03. The lowest BCUT2D eigenvalue weighted by atomic mass is 9.97. The fourth-order valence-electron chi connectivity index (χ4n) is 4.36. The summed E-state index contributed by atoms with van der Waals surface area (Å²) in [7, 11) is 0. The number of rotatable bonds is 2. The van der Waals surface area contributed by atoms with Gasteiger partial charge in [-0.15, -0.1) is 0 Å². The molecule has 1 fully saturated rings. The molecule has 1 saturated heterocycles. The molecule has 0 spiro atoms. The van der Waals surface area contributed by atoms with Crippen LogP contribution in [0.3, 0.4) is 0 Å². The molecule has 5 rings (SSSR count). The van der Waals surface area contributed by atoms with Crippen LogP contribution in [-0.2, 0) is 0 Å². The van der Waals surface area contributed by atoms with Crippen LogP contribution in [0.1, 0.15) is 46.2 Å². The Morgan fingerprint density at radius 2 is 1.96 bits per heavy atom. The molecule has 1 amide bonds. The summed E-state index contributed by atoms with van der Waals surface area (Å²) in [5, 5.41) is 1.13. The van der Waals surface area contributed by atoms with Crippen molar-refractivity contribution in [3.8, 4) is 0 Å². The smallest absolute Gasteiger partial charge is 0.270 e. The number of nitrogens with zero attached hydrogens (tertiary/aromatic N) is 2. The largest absolute Gasteiger partial charge is 0.350 e. The Bertz CT molecular complexity index is 1150. The van der Waals surface area contributed by atoms with Crippen molar-refractivity contribution in [2.45, 2.75) is 32.6 Å². The molecule has 0 radical (unpaired) electrons. The number of benzene rings is 2. The van der Waals surface area contributed by atoms with E-state index in [4.69, 9.17) is 4.98 Å². The van der Waals surface area contributed by atoms with E-state index >= 15 is 0 Å². The van der Waals surface area contributed by atoms with E-state index in [2.05, 4.69) is 35.1 Å². The van der Waals surface area contributed by atoms with Gasteiger partial charge in [-0.2, -0.15) is 0 Å². The van der Waals surface area contributed by atoms with E-state index in [1.165, 1.54) is 5.56 Å². The monoisotopic (exact) mass is 372 g/mol. The first-order chi connectivity index (χ1) is 13.6. The fourth-order valence-corrected chi connectivity index (χ4v) is 4.36. The van der Waals surface area contributed by atoms with Crippen molar-refractivity contribution >= 4 is 27.8 Å². The Morgan fingerprint density at radius 1 is 1.11 bits per heavy atom. The molecule has 0 saturated carbocycles. The maximum absolute atomic E-state index is 13.3. The van der Waals surface area contributed by atoms with Crippen LogP contribution < -0.4 is 0 Å². The van der Waals surface area contributed by atoms with Gasteiger partial charge in [0.1, 0.15) is 11.5 Å². The quantitative estimate of drug-likeness (QED) is 0.536. The van der Waals surface area contributed by atoms with Gasteiger partial charge in [-0.25, -0.2) is 4.98 Å². The lowest BCUT2D eigenvalue weighted by Gasteiger charge is -2.31. The number of fused-ring (bicyclic) bond motifs is 2. The number of amides is 1. The molecule has 142 valence electrons. The van der Waals surface area contributed by atoms with Gasteiger partial charge in [0.05, 0.1) is 11.0 Å². The predicted octanol–water partition coefficient (Wildman–Crippen LogP) is 4.68. The Labute approximate surface area is 163 Å². The van der Waals surface area contributed by atoms with Crippen molar-refractivity contribution in [2.24, 2.45) is 0 Å². The van der Waals surface area contributed by atoms with E-state index in [1.54, 1.807) is 0 Å². The van der Waals surface area contributed by atoms with E-state index in [0.29, 0.717) is 12.2 Å². The van der Waals surface area contributed by atoms with Crippen molar-refractivity contribution in [1.82, 2.24) is 19.9 Å². The first-order valence-electron chi connectivity index (χ1n) is 9.93. The second kappa shape index (κ2) is 6.51. The Balaban J connectivity index is 1.43. The average molecular weight is 372 g/mol. The molecular formula is C23H24N4O. The van der Waals surface area contributed by atoms with Gasteiger partial charge in [0.15, 0.2) is 0 Å². The normalized spacial score (nSPS) is 17.5. The number of aromatic nitrogens is 3. The number of para-hydroxylation sites is 2. The molecule has 2 aromatic heterocycles. The van der Waals surface area contributed by atoms with Gasteiger partial charge in [0.2, 0.25) is 0 Å². The summed E-state index contributed by atoms with van der Waals surface area (Å²) < 4.78 is 0. The molecule has 1 atom stereocenters. The number of carbonyl (C=O) groups is 1. The minimum Gasteiger partial charge on any atom is -0.350 e. The number of imidazole rings is 1. The fraction of sp³-hybridized carbons (Fsp3) is 0.304. The second-order valence-corrected chi connectivity index (χ2v) is 7.90. The minimum absolute atomic E-state index is 0.0900. The topological polar surface area (TPSA) is 64.8 Å². The summed E-state index contributed by atoms with van der Waals surface area (Å²) >= 11 is 0. The molecule has 4 aromatic rings. The third-order valence-corrected chi connectivity index (χ3v) is 5.93. The highest BCUT2D eigenvalue weighted by Gasteiger charge is 2.29. The number of aryl methyl sites for hydroxylation is 2. The molecule has 0 bridgehead atoms. The SMILES string of the molecule is Cc1ccc2[nH]c(C(=O)N3CCCC(c4nc5ccccc5[nH]4)C3)c(C)c2c1. The number of H-pyrrole nitrogens is 2. The first kappa shape index (κ1) is 17.0. The average Bonchev–Trinajstić information content (AvgIpc) is 3.29. The van der Waals surface area contributed by atoms with Crippen LogP contribution in [0.5, 0.6) is 0 Å². The van der Waals surface area contributed by atoms with Gasteiger partial charge in [0.25, 0.3) is 5.91 Å². The zero-order valence-corrected chi connectivity index (χ0v) is 16.2. The van der Waals surface area contributed by atoms with Crippen LogP contribution in [0, 0.1) is 13.8 Å². The molecule has 1 unspecified atom stereocenters. The number of likely N-dealkylation sites (tertiary alicyclic amines) is 1. The molecule has 1 aliphatic heterocycles. The number of aromatic amines is 2. The van der Waals surface area contributed by atoms with Crippen LogP contribution in [-0.4, -0.2) is 38.8 Å². The van der Waals surface area contributed by atoms with E-state index in [1.807, 2.05) is 36.1 Å². The van der Waals surface area contributed by atoms with E-state index in [9.17, 15) is 4.79 Å². The van der Waals surface area contributed by atoms with Gasteiger partial charge in [-0.3, -0.25) is 4.79 Å². The van der Waals surface area contributed by atoms with Crippen molar-refractivity contribution in [3.63, 3.8) is 0 Å². The molecule has 5 nitrogen and oxygen atoms in total. The van der Waals surface area contributed by atoms with Crippen LogP contribution in [0.2, 0.25) is 0 Å². The molecular weight excluding hydrogens is 348 g/mol. The standard InChI is InChI=1S/C23H24N4O/c1-14-9-10-18-17(12-14)15(2)21(24-18)23(28)27-11-5-6-16(13-27)22-25-19-7-3-4-8-20(19)26-22/h3-4,7-10,12,16,24H,5-6,11,13H2,1-2H3,(H,25,26). The zero-order valence-electron chi connectivity index (χ0n) is 16.2. The molecule has 1 aliphatic rings. The van der Waals surface area contributed by atoms with Gasteiger partial charge in [-0.1, -0.05) is 23.8 Å². The zero-order chi connectivity index (χ0) is 19.3. The van der Waals surface area contributed by atoms with E-state index in [0.717, 1.165) is 52.7 Å². The summed E-state index contributed by atoms with van der Waals surface area (Å²) in [4.78, 5) is 26.8. The Kier molecular flexibility index (Phi) is 3.97. The summed E-state index contributed by atoms with van der Waals surface area (Å²) in [6.45, 7) is 5.61. The van der Waals surface area contributed by atoms with Gasteiger partial charge >= 0.3 is 0 Å². The highest BCUT2D eigenvalue weighted by Crippen LogP contribution is 2.29. The van der Waals surface area contributed by atoms with Crippen molar-refractivity contribution < 1.29 is 4.79 Å². The molecule has 3 heterocycles. The summed E-state index contributed by atoms with van der Waals surface area (Å²) in [6.07, 6.45) is 2.04. The van der Waals surface area contributed by atoms with Gasteiger partial charge < -0.3 is 14.9 Å². The van der Waals surface area contributed by atoms with Gasteiger partial charge in [-0.05, 0) is 56.5 Å². The maximum atomic E-state index is 13.3. The Hall–Kier alpha value is -3.08. The maximum Gasteiger partial charge on any atom is 0.270 e. The molecule has 2 N–H and O–H groups in total. The Morgan fingerprint density at radius 3 is 2.82 bits per heavy atom. The number of carbonyl (C=O) groups excluding carboxylic acids is 1. The molecule has 0 aliphatic carbocycles. The van der Waals surface area contributed by atoms with E-state index < -0.39 is 0 Å². The van der Waals surface area contributed by atoms with Crippen LogP contribution in [0.25, 0.3) is 21.9 Å². The van der Waals surface area contributed by atoms with E-state index in [-0.39, 0.29) is 11.8 Å². The minimum atomic E-state index is 0.0900. The third-order valence-electron chi connectivity index (χ3n) is 5.93. The number of hydrogen-bond donors (Lipinski definition) is 2. The van der Waals surface area contributed by atoms with Gasteiger partial charge in [0, 0.05) is 29.9 Å². The lowest BCUT2D eigenvalue weighted by molar-refractivity contribution is 0.0699. The lowest BCUT2D eigenvalue weighted by Crippen LogP contribution is -2.39. The number of hydrogen-bond acceptors (Lipinski definition) is 2. The molecule has 28 heavy (non-hydrogen) atoms. The van der Waals surface area contributed by atoms with Crippen LogP contribution in [0.15, 0.2) is 42.5 Å².